The van der Waals surface area contributed by atoms with Gasteiger partial charge in [0.2, 0.25) is 0 Å². The summed E-state index contributed by atoms with van der Waals surface area (Å²) in [6, 6.07) is 3.78. The molecule has 8 heteroatoms. The Morgan fingerprint density at radius 1 is 1.30 bits per heavy atom. The number of nitrogen functional groups attached to an aromatic ring is 1. The standard InChI is InChI=1S/C12H10F3N3O2/c1-18-10(9(16)6-17-18)11(19)20-8-4-2-7(3-5-8)12(13,14)15/h2-6H,16H2,1H3. The zero-order valence-corrected chi connectivity index (χ0v) is 10.3. The Hall–Kier alpha value is -2.51. The summed E-state index contributed by atoms with van der Waals surface area (Å²) < 4.78 is 43.3. The lowest BCUT2D eigenvalue weighted by Crippen LogP contribution is -2.15. The fourth-order valence-corrected chi connectivity index (χ4v) is 1.57. The van der Waals surface area contributed by atoms with Crippen molar-refractivity contribution >= 4 is 11.7 Å². The molecule has 0 amide bonds. The summed E-state index contributed by atoms with van der Waals surface area (Å²) in [6.07, 6.45) is -3.15. The monoisotopic (exact) mass is 285 g/mol. The highest BCUT2D eigenvalue weighted by atomic mass is 19.4. The van der Waals surface area contributed by atoms with Gasteiger partial charge < -0.3 is 10.5 Å². The number of esters is 1. The maximum atomic E-state index is 12.4. The molecular weight excluding hydrogens is 275 g/mol. The van der Waals surface area contributed by atoms with Crippen LogP contribution in [0.15, 0.2) is 30.5 Å². The lowest BCUT2D eigenvalue weighted by Gasteiger charge is -2.08. The molecule has 0 fully saturated rings. The summed E-state index contributed by atoms with van der Waals surface area (Å²) in [5.74, 6) is -0.800. The summed E-state index contributed by atoms with van der Waals surface area (Å²) in [4.78, 5) is 11.8. The van der Waals surface area contributed by atoms with E-state index in [1.807, 2.05) is 0 Å². The SMILES string of the molecule is Cn1ncc(N)c1C(=O)Oc1ccc(C(F)(F)F)cc1. The van der Waals surface area contributed by atoms with E-state index in [9.17, 15) is 18.0 Å². The molecule has 0 saturated heterocycles. The van der Waals surface area contributed by atoms with Crippen LogP contribution in [0, 0.1) is 0 Å². The van der Waals surface area contributed by atoms with Gasteiger partial charge in [-0.2, -0.15) is 18.3 Å². The Balaban J connectivity index is 2.17. The van der Waals surface area contributed by atoms with Gasteiger partial charge in [-0.05, 0) is 24.3 Å². The summed E-state index contributed by atoms with van der Waals surface area (Å²) in [6.45, 7) is 0. The molecule has 0 aliphatic heterocycles. The molecule has 1 aromatic heterocycles. The third-order valence-electron chi connectivity index (χ3n) is 2.55. The van der Waals surface area contributed by atoms with Crippen LogP contribution in [0.1, 0.15) is 16.1 Å². The first-order valence-electron chi connectivity index (χ1n) is 5.46. The van der Waals surface area contributed by atoms with Crippen LogP contribution in [0.5, 0.6) is 5.75 Å². The molecule has 2 rings (SSSR count). The van der Waals surface area contributed by atoms with E-state index in [2.05, 4.69) is 5.10 Å². The van der Waals surface area contributed by atoms with Gasteiger partial charge in [0.25, 0.3) is 0 Å². The molecule has 5 nitrogen and oxygen atoms in total. The van der Waals surface area contributed by atoms with Crippen molar-refractivity contribution in [3.63, 3.8) is 0 Å². The number of nitrogens with two attached hydrogens (primary N) is 1. The highest BCUT2D eigenvalue weighted by Gasteiger charge is 2.30. The number of ether oxygens (including phenoxy) is 1. The summed E-state index contributed by atoms with van der Waals surface area (Å²) in [7, 11) is 1.50. The highest BCUT2D eigenvalue weighted by molar-refractivity contribution is 5.94. The number of rotatable bonds is 2. The largest absolute Gasteiger partial charge is 0.422 e. The lowest BCUT2D eigenvalue weighted by atomic mass is 10.2. The molecule has 0 spiro atoms. The van der Waals surface area contributed by atoms with Crippen LogP contribution in [0.2, 0.25) is 0 Å². The third kappa shape index (κ3) is 2.73. The Bertz CT molecular complexity index is 613. The number of carbonyl (C=O) groups is 1. The predicted molar refractivity (Wildman–Crippen MR) is 64.0 cm³/mol. The van der Waals surface area contributed by atoms with E-state index in [-0.39, 0.29) is 17.1 Å². The van der Waals surface area contributed by atoms with Gasteiger partial charge in [-0.25, -0.2) is 4.79 Å². The molecule has 2 aromatic rings. The zero-order chi connectivity index (χ0) is 14.9. The molecule has 0 unspecified atom stereocenters. The molecule has 0 atom stereocenters. The third-order valence-corrected chi connectivity index (χ3v) is 2.55. The van der Waals surface area contributed by atoms with Crippen LogP contribution in [0.25, 0.3) is 0 Å². The van der Waals surface area contributed by atoms with E-state index < -0.39 is 17.7 Å². The average Bonchev–Trinajstić information content (AvgIpc) is 2.68. The van der Waals surface area contributed by atoms with E-state index in [0.717, 1.165) is 24.3 Å². The van der Waals surface area contributed by atoms with Gasteiger partial charge in [-0.15, -0.1) is 0 Å². The summed E-state index contributed by atoms with van der Waals surface area (Å²) in [5, 5.41) is 3.77. The first kappa shape index (κ1) is 13.9. The van der Waals surface area contributed by atoms with Crippen molar-refractivity contribution in [2.45, 2.75) is 6.18 Å². The lowest BCUT2D eigenvalue weighted by molar-refractivity contribution is -0.137. The molecule has 0 radical (unpaired) electrons. The zero-order valence-electron chi connectivity index (χ0n) is 10.3. The molecule has 0 saturated carbocycles. The van der Waals surface area contributed by atoms with Crippen molar-refractivity contribution in [1.29, 1.82) is 0 Å². The number of hydrogen-bond donors (Lipinski definition) is 1. The van der Waals surface area contributed by atoms with Gasteiger partial charge in [-0.3, -0.25) is 4.68 Å². The van der Waals surface area contributed by atoms with E-state index in [1.54, 1.807) is 0 Å². The van der Waals surface area contributed by atoms with Crippen LogP contribution in [0.4, 0.5) is 18.9 Å². The quantitative estimate of drug-likeness (QED) is 0.678. The minimum atomic E-state index is -4.44. The van der Waals surface area contributed by atoms with Gasteiger partial charge in [0.1, 0.15) is 5.75 Å². The van der Waals surface area contributed by atoms with Crippen molar-refractivity contribution in [3.05, 3.63) is 41.7 Å². The number of aromatic nitrogens is 2. The van der Waals surface area contributed by atoms with Gasteiger partial charge in [0, 0.05) is 7.05 Å². The Morgan fingerprint density at radius 2 is 1.90 bits per heavy atom. The van der Waals surface area contributed by atoms with Crippen molar-refractivity contribution in [3.8, 4) is 5.75 Å². The van der Waals surface area contributed by atoms with E-state index in [0.29, 0.717) is 0 Å². The first-order chi connectivity index (χ1) is 9.29. The Labute approximate surface area is 111 Å². The minimum Gasteiger partial charge on any atom is -0.422 e. The number of nitrogens with zero attached hydrogens (tertiary/aromatic N) is 2. The number of carbonyl (C=O) groups excluding carboxylic acids is 1. The second-order valence-corrected chi connectivity index (χ2v) is 3.98. The van der Waals surface area contributed by atoms with E-state index in [4.69, 9.17) is 10.5 Å². The molecule has 1 heterocycles. The number of alkyl halides is 3. The molecular formula is C12H10F3N3O2. The number of benzene rings is 1. The maximum absolute atomic E-state index is 12.4. The summed E-state index contributed by atoms with van der Waals surface area (Å²) in [5.41, 5.74) is 4.88. The molecule has 1 aromatic carbocycles. The van der Waals surface area contributed by atoms with E-state index in [1.165, 1.54) is 17.9 Å². The van der Waals surface area contributed by atoms with Gasteiger partial charge in [0.05, 0.1) is 17.4 Å². The summed E-state index contributed by atoms with van der Waals surface area (Å²) >= 11 is 0. The van der Waals surface area contributed by atoms with Crippen molar-refractivity contribution in [1.82, 2.24) is 9.78 Å². The molecule has 106 valence electrons. The van der Waals surface area contributed by atoms with Crippen LogP contribution in [-0.4, -0.2) is 15.7 Å². The molecule has 0 bridgehead atoms. The van der Waals surface area contributed by atoms with E-state index >= 15 is 0 Å². The van der Waals surface area contributed by atoms with Crippen LogP contribution < -0.4 is 10.5 Å². The number of anilines is 1. The number of halogens is 3. The first-order valence-corrected chi connectivity index (χ1v) is 5.46. The predicted octanol–water partition coefficient (Wildman–Crippen LogP) is 2.24. The maximum Gasteiger partial charge on any atom is 0.416 e. The highest BCUT2D eigenvalue weighted by Crippen LogP contribution is 2.30. The second kappa shape index (κ2) is 4.87. The van der Waals surface area contributed by atoms with Gasteiger partial charge in [-0.1, -0.05) is 0 Å². The van der Waals surface area contributed by atoms with Crippen molar-refractivity contribution < 1.29 is 22.7 Å². The average molecular weight is 285 g/mol. The Morgan fingerprint density at radius 3 is 2.35 bits per heavy atom. The van der Waals surface area contributed by atoms with Crippen LogP contribution in [-0.2, 0) is 13.2 Å². The number of hydrogen-bond acceptors (Lipinski definition) is 4. The molecule has 0 aliphatic rings. The molecule has 20 heavy (non-hydrogen) atoms. The fourth-order valence-electron chi connectivity index (χ4n) is 1.57. The minimum absolute atomic E-state index is 0.0106. The topological polar surface area (TPSA) is 70.1 Å². The van der Waals surface area contributed by atoms with Gasteiger partial charge in [0.15, 0.2) is 5.69 Å². The van der Waals surface area contributed by atoms with Crippen molar-refractivity contribution in [2.75, 3.05) is 5.73 Å². The number of aryl methyl sites for hydroxylation is 1. The molecule has 0 aliphatic carbocycles. The van der Waals surface area contributed by atoms with Crippen LogP contribution >= 0.6 is 0 Å². The second-order valence-electron chi connectivity index (χ2n) is 3.98. The Kier molecular flexibility index (Phi) is 3.39. The molecule has 2 N–H and O–H groups in total. The normalized spacial score (nSPS) is 11.4. The van der Waals surface area contributed by atoms with Crippen LogP contribution in [0.3, 0.4) is 0 Å². The van der Waals surface area contributed by atoms with Gasteiger partial charge >= 0.3 is 12.1 Å². The smallest absolute Gasteiger partial charge is 0.416 e. The fraction of sp³-hybridized carbons (Fsp3) is 0.167. The van der Waals surface area contributed by atoms with Crippen molar-refractivity contribution in [2.24, 2.45) is 7.05 Å².